The molecule has 0 aliphatic heterocycles. The predicted octanol–water partition coefficient (Wildman–Crippen LogP) is 4.05. The molecule has 0 heterocycles. The lowest BCUT2D eigenvalue weighted by Gasteiger charge is -2.09. The summed E-state index contributed by atoms with van der Waals surface area (Å²) in [6.07, 6.45) is 13.7. The normalized spacial score (nSPS) is 14.3. The highest BCUT2D eigenvalue weighted by Crippen LogP contribution is 2.12. The summed E-state index contributed by atoms with van der Waals surface area (Å²) in [5, 5.41) is 27.9. The lowest BCUT2D eigenvalue weighted by atomic mass is 10.0. The van der Waals surface area contributed by atoms with Crippen LogP contribution in [-0.4, -0.2) is 33.5 Å². The highest BCUT2D eigenvalue weighted by Gasteiger charge is 2.06. The first-order valence-corrected chi connectivity index (χ1v) is 8.80. The lowest BCUT2D eigenvalue weighted by Crippen LogP contribution is -2.09. The van der Waals surface area contributed by atoms with Crippen LogP contribution in [0.4, 0.5) is 0 Å². The summed E-state index contributed by atoms with van der Waals surface area (Å²) < 4.78 is 0. The van der Waals surface area contributed by atoms with E-state index in [0.717, 1.165) is 38.5 Å². The molecule has 4 nitrogen and oxygen atoms in total. The quantitative estimate of drug-likeness (QED) is 0.315. The number of aliphatic hydroxyl groups is 2. The number of allylic oxidation sites excluding steroid dienone is 1. The van der Waals surface area contributed by atoms with Crippen molar-refractivity contribution in [2.45, 2.75) is 96.2 Å². The van der Waals surface area contributed by atoms with Crippen LogP contribution in [-0.2, 0) is 4.79 Å². The highest BCUT2D eigenvalue weighted by atomic mass is 16.4. The van der Waals surface area contributed by atoms with Crippen LogP contribution in [0.25, 0.3) is 0 Å². The van der Waals surface area contributed by atoms with Crippen LogP contribution in [0.5, 0.6) is 0 Å². The van der Waals surface area contributed by atoms with Gasteiger partial charge in [-0.2, -0.15) is 0 Å². The molecule has 3 N–H and O–H groups in total. The molecule has 0 aliphatic carbocycles. The Morgan fingerprint density at radius 2 is 1.64 bits per heavy atom. The predicted molar refractivity (Wildman–Crippen MR) is 89.9 cm³/mol. The second-order valence-electron chi connectivity index (χ2n) is 6.07. The molecule has 0 aromatic rings. The third kappa shape index (κ3) is 15.5. The van der Waals surface area contributed by atoms with Crippen molar-refractivity contribution in [3.05, 3.63) is 12.2 Å². The smallest absolute Gasteiger partial charge is 0.303 e. The van der Waals surface area contributed by atoms with Crippen LogP contribution in [0.15, 0.2) is 12.2 Å². The van der Waals surface area contributed by atoms with E-state index in [4.69, 9.17) is 5.11 Å². The van der Waals surface area contributed by atoms with Crippen LogP contribution < -0.4 is 0 Å². The van der Waals surface area contributed by atoms with Gasteiger partial charge in [-0.3, -0.25) is 4.79 Å². The molecule has 0 aromatic heterocycles. The summed E-state index contributed by atoms with van der Waals surface area (Å²) in [6.45, 7) is 2.18. The number of rotatable bonds is 15. The van der Waals surface area contributed by atoms with Crippen molar-refractivity contribution in [2.75, 3.05) is 0 Å². The first-order chi connectivity index (χ1) is 10.6. The van der Waals surface area contributed by atoms with E-state index in [1.54, 1.807) is 0 Å². The third-order valence-corrected chi connectivity index (χ3v) is 3.81. The fourth-order valence-electron chi connectivity index (χ4n) is 2.38. The zero-order valence-electron chi connectivity index (χ0n) is 14.0. The van der Waals surface area contributed by atoms with Crippen LogP contribution in [0, 0.1) is 0 Å². The largest absolute Gasteiger partial charge is 0.481 e. The summed E-state index contributed by atoms with van der Waals surface area (Å²) in [4.78, 5) is 10.4. The zero-order valence-corrected chi connectivity index (χ0v) is 14.0. The Balaban J connectivity index is 3.39. The summed E-state index contributed by atoms with van der Waals surface area (Å²) in [7, 11) is 0. The maximum absolute atomic E-state index is 10.4. The minimum Gasteiger partial charge on any atom is -0.481 e. The number of carbonyl (C=O) groups is 1. The number of aliphatic carboxylic acids is 1. The highest BCUT2D eigenvalue weighted by molar-refractivity contribution is 5.66. The van der Waals surface area contributed by atoms with E-state index in [-0.39, 0.29) is 12.5 Å². The Bertz CT molecular complexity index is 289. The van der Waals surface area contributed by atoms with E-state index in [1.807, 2.05) is 6.08 Å². The second kappa shape index (κ2) is 15.0. The van der Waals surface area contributed by atoms with Gasteiger partial charge < -0.3 is 15.3 Å². The van der Waals surface area contributed by atoms with Gasteiger partial charge in [0, 0.05) is 6.42 Å². The molecule has 0 fully saturated rings. The molecular formula is C18H34O4. The summed E-state index contributed by atoms with van der Waals surface area (Å²) in [6, 6.07) is 0. The van der Waals surface area contributed by atoms with Gasteiger partial charge >= 0.3 is 5.97 Å². The van der Waals surface area contributed by atoms with E-state index >= 15 is 0 Å². The van der Waals surface area contributed by atoms with Gasteiger partial charge in [-0.05, 0) is 32.1 Å². The first kappa shape index (κ1) is 21.1. The maximum Gasteiger partial charge on any atom is 0.303 e. The molecule has 0 saturated heterocycles. The fraction of sp³-hybridized carbons (Fsp3) is 0.833. The van der Waals surface area contributed by atoms with Crippen molar-refractivity contribution in [2.24, 2.45) is 0 Å². The van der Waals surface area contributed by atoms with Gasteiger partial charge in [-0.25, -0.2) is 0 Å². The minimum absolute atomic E-state index is 0.0396. The maximum atomic E-state index is 10.4. The molecule has 0 radical (unpaired) electrons. The van der Waals surface area contributed by atoms with E-state index in [1.165, 1.54) is 19.3 Å². The monoisotopic (exact) mass is 314 g/mol. The standard InChI is InChI=1S/C18H34O4/c1-2-3-4-5-8-11-16(19)12-9-6-7-10-13-17(20)14-15-18(21)22/h8,11,16-17,19-20H,2-7,9-10,12-15H2,1H3,(H,21,22)/b11-8+. The second-order valence-corrected chi connectivity index (χ2v) is 6.07. The van der Waals surface area contributed by atoms with Crippen LogP contribution >= 0.6 is 0 Å². The topological polar surface area (TPSA) is 77.8 Å². The average Bonchev–Trinajstić information content (AvgIpc) is 2.48. The van der Waals surface area contributed by atoms with Crippen molar-refractivity contribution in [1.29, 1.82) is 0 Å². The summed E-state index contributed by atoms with van der Waals surface area (Å²) >= 11 is 0. The molecule has 0 aliphatic rings. The van der Waals surface area contributed by atoms with E-state index in [9.17, 15) is 15.0 Å². The molecule has 2 atom stereocenters. The molecule has 0 spiro atoms. The molecule has 0 amide bonds. The van der Waals surface area contributed by atoms with E-state index in [2.05, 4.69) is 13.0 Å². The number of carboxylic acid groups (broad SMARTS) is 1. The Morgan fingerprint density at radius 1 is 0.955 bits per heavy atom. The molecular weight excluding hydrogens is 280 g/mol. The van der Waals surface area contributed by atoms with Crippen LogP contribution in [0.3, 0.4) is 0 Å². The molecule has 4 heteroatoms. The molecule has 0 rings (SSSR count). The van der Waals surface area contributed by atoms with Gasteiger partial charge in [-0.1, -0.05) is 57.6 Å². The molecule has 0 bridgehead atoms. The van der Waals surface area contributed by atoms with E-state index in [0.29, 0.717) is 12.8 Å². The van der Waals surface area contributed by atoms with Gasteiger partial charge in [0.2, 0.25) is 0 Å². The van der Waals surface area contributed by atoms with Crippen molar-refractivity contribution >= 4 is 5.97 Å². The lowest BCUT2D eigenvalue weighted by molar-refractivity contribution is -0.137. The van der Waals surface area contributed by atoms with Gasteiger partial charge in [0.15, 0.2) is 0 Å². The molecule has 2 unspecified atom stereocenters. The first-order valence-electron chi connectivity index (χ1n) is 8.80. The Morgan fingerprint density at radius 3 is 2.27 bits per heavy atom. The Hall–Kier alpha value is -0.870. The summed E-state index contributed by atoms with van der Waals surface area (Å²) in [5.74, 6) is -0.851. The number of carboxylic acids is 1. The fourth-order valence-corrected chi connectivity index (χ4v) is 2.38. The number of aliphatic hydroxyl groups excluding tert-OH is 2. The summed E-state index contributed by atoms with van der Waals surface area (Å²) in [5.41, 5.74) is 0. The van der Waals surface area contributed by atoms with Gasteiger partial charge in [0.1, 0.15) is 0 Å². The van der Waals surface area contributed by atoms with Crippen molar-refractivity contribution in [1.82, 2.24) is 0 Å². The third-order valence-electron chi connectivity index (χ3n) is 3.81. The average molecular weight is 314 g/mol. The molecule has 130 valence electrons. The number of hydrogen-bond acceptors (Lipinski definition) is 3. The molecule has 0 aromatic carbocycles. The van der Waals surface area contributed by atoms with Gasteiger partial charge in [0.25, 0.3) is 0 Å². The molecule has 22 heavy (non-hydrogen) atoms. The van der Waals surface area contributed by atoms with Gasteiger partial charge in [0.05, 0.1) is 12.2 Å². The zero-order chi connectivity index (χ0) is 16.6. The van der Waals surface area contributed by atoms with Crippen molar-refractivity contribution in [3.8, 4) is 0 Å². The van der Waals surface area contributed by atoms with Crippen LogP contribution in [0.2, 0.25) is 0 Å². The Labute approximate surface area is 135 Å². The molecule has 0 saturated carbocycles. The Kier molecular flexibility index (Phi) is 14.4. The van der Waals surface area contributed by atoms with Crippen molar-refractivity contribution in [3.63, 3.8) is 0 Å². The number of hydrogen-bond donors (Lipinski definition) is 3. The van der Waals surface area contributed by atoms with Crippen molar-refractivity contribution < 1.29 is 20.1 Å². The van der Waals surface area contributed by atoms with Gasteiger partial charge in [-0.15, -0.1) is 0 Å². The SMILES string of the molecule is CCCCC/C=C/C(O)CCCCCCC(O)CCC(=O)O. The minimum atomic E-state index is -0.851. The van der Waals surface area contributed by atoms with E-state index < -0.39 is 12.1 Å². The van der Waals surface area contributed by atoms with Crippen LogP contribution in [0.1, 0.15) is 84.0 Å². The number of unbranched alkanes of at least 4 members (excludes halogenated alkanes) is 6.